The first-order chi connectivity index (χ1) is 4.09. The second-order valence-electron chi connectivity index (χ2n) is 2.39. The standard InChI is InChI=1S/C6H12N2O/c1-5(2)6(4-7)8(3)9/h5-6,9H,1-3H3. The van der Waals surface area contributed by atoms with Crippen LogP contribution in [0, 0.1) is 17.2 Å². The number of hydrogen-bond donors (Lipinski definition) is 1. The number of nitrogens with zero attached hydrogens (tertiary/aromatic N) is 2. The summed E-state index contributed by atoms with van der Waals surface area (Å²) in [5.41, 5.74) is 0. The molecule has 0 aliphatic rings. The van der Waals surface area contributed by atoms with Gasteiger partial charge in [0.15, 0.2) is 0 Å². The smallest absolute Gasteiger partial charge is 0.123 e. The van der Waals surface area contributed by atoms with Crippen molar-refractivity contribution in [3.05, 3.63) is 0 Å². The summed E-state index contributed by atoms with van der Waals surface area (Å²) >= 11 is 0. The number of hydrogen-bond acceptors (Lipinski definition) is 3. The fourth-order valence-electron chi connectivity index (χ4n) is 0.664. The van der Waals surface area contributed by atoms with E-state index in [-0.39, 0.29) is 12.0 Å². The molecule has 0 bridgehead atoms. The van der Waals surface area contributed by atoms with Gasteiger partial charge in [-0.3, -0.25) is 0 Å². The Balaban J connectivity index is 3.87. The molecule has 0 rings (SSSR count). The molecule has 0 aliphatic heterocycles. The van der Waals surface area contributed by atoms with Crippen LogP contribution in [0.25, 0.3) is 0 Å². The summed E-state index contributed by atoms with van der Waals surface area (Å²) in [6.45, 7) is 3.78. The summed E-state index contributed by atoms with van der Waals surface area (Å²) in [6, 6.07) is 1.59. The van der Waals surface area contributed by atoms with Crippen LogP contribution in [0.1, 0.15) is 13.8 Å². The average Bonchev–Trinajstić information content (AvgIpc) is 1.64. The Labute approximate surface area is 55.5 Å². The van der Waals surface area contributed by atoms with Crippen molar-refractivity contribution in [1.82, 2.24) is 5.06 Å². The Bertz CT molecular complexity index is 107. The maximum absolute atomic E-state index is 8.79. The molecule has 1 unspecified atom stereocenters. The molecule has 3 heteroatoms. The third-order valence-electron chi connectivity index (χ3n) is 1.17. The van der Waals surface area contributed by atoms with E-state index in [1.54, 1.807) is 0 Å². The van der Waals surface area contributed by atoms with Crippen molar-refractivity contribution in [3.8, 4) is 6.07 Å². The fraction of sp³-hybridized carbons (Fsp3) is 0.833. The van der Waals surface area contributed by atoms with Gasteiger partial charge >= 0.3 is 0 Å². The molecule has 52 valence electrons. The predicted molar refractivity (Wildman–Crippen MR) is 33.8 cm³/mol. The van der Waals surface area contributed by atoms with E-state index < -0.39 is 0 Å². The lowest BCUT2D eigenvalue weighted by Crippen LogP contribution is -2.31. The van der Waals surface area contributed by atoms with Crippen LogP contribution < -0.4 is 0 Å². The largest absolute Gasteiger partial charge is 0.313 e. The molecular formula is C6H12N2O. The second kappa shape index (κ2) is 3.44. The number of rotatable bonds is 2. The molecule has 3 nitrogen and oxygen atoms in total. The quantitative estimate of drug-likeness (QED) is 0.561. The molecule has 0 saturated carbocycles. The van der Waals surface area contributed by atoms with Crippen LogP contribution in [0.4, 0.5) is 0 Å². The third-order valence-corrected chi connectivity index (χ3v) is 1.17. The van der Waals surface area contributed by atoms with Crippen LogP contribution >= 0.6 is 0 Å². The Morgan fingerprint density at radius 3 is 2.00 bits per heavy atom. The van der Waals surface area contributed by atoms with E-state index in [2.05, 4.69) is 0 Å². The van der Waals surface area contributed by atoms with Gasteiger partial charge < -0.3 is 5.21 Å². The van der Waals surface area contributed by atoms with Crippen LogP contribution in [-0.2, 0) is 0 Å². The van der Waals surface area contributed by atoms with Crippen LogP contribution in [-0.4, -0.2) is 23.4 Å². The van der Waals surface area contributed by atoms with Gasteiger partial charge in [0, 0.05) is 7.05 Å². The Morgan fingerprint density at radius 2 is 2.00 bits per heavy atom. The van der Waals surface area contributed by atoms with Crippen molar-refractivity contribution in [2.75, 3.05) is 7.05 Å². The monoisotopic (exact) mass is 128 g/mol. The van der Waals surface area contributed by atoms with Gasteiger partial charge in [0.1, 0.15) is 6.04 Å². The van der Waals surface area contributed by atoms with Crippen molar-refractivity contribution >= 4 is 0 Å². The first kappa shape index (κ1) is 8.41. The van der Waals surface area contributed by atoms with Crippen LogP contribution in [0.2, 0.25) is 0 Å². The minimum atomic E-state index is -0.384. The van der Waals surface area contributed by atoms with Crippen molar-refractivity contribution in [3.63, 3.8) is 0 Å². The van der Waals surface area contributed by atoms with Gasteiger partial charge in [-0.25, -0.2) is 0 Å². The average molecular weight is 128 g/mol. The summed E-state index contributed by atoms with van der Waals surface area (Å²) in [5.74, 6) is 0.171. The second-order valence-corrected chi connectivity index (χ2v) is 2.39. The van der Waals surface area contributed by atoms with Crippen LogP contribution in [0.5, 0.6) is 0 Å². The first-order valence-corrected chi connectivity index (χ1v) is 2.91. The maximum Gasteiger partial charge on any atom is 0.123 e. The zero-order valence-electron chi connectivity index (χ0n) is 6.00. The van der Waals surface area contributed by atoms with Gasteiger partial charge in [-0.05, 0) is 5.92 Å². The molecule has 0 spiro atoms. The maximum atomic E-state index is 8.79. The fourth-order valence-corrected chi connectivity index (χ4v) is 0.664. The highest BCUT2D eigenvalue weighted by Gasteiger charge is 2.14. The molecule has 9 heavy (non-hydrogen) atoms. The topological polar surface area (TPSA) is 47.3 Å². The lowest BCUT2D eigenvalue weighted by molar-refractivity contribution is -0.0967. The summed E-state index contributed by atoms with van der Waals surface area (Å²) in [4.78, 5) is 0. The van der Waals surface area contributed by atoms with E-state index in [1.165, 1.54) is 7.05 Å². The molecule has 0 aromatic rings. The first-order valence-electron chi connectivity index (χ1n) is 2.91. The Hall–Kier alpha value is -0.590. The zero-order valence-corrected chi connectivity index (χ0v) is 6.00. The number of nitriles is 1. The van der Waals surface area contributed by atoms with Crippen LogP contribution in [0.15, 0.2) is 0 Å². The zero-order chi connectivity index (χ0) is 7.44. The molecule has 1 N–H and O–H groups in total. The van der Waals surface area contributed by atoms with E-state index in [0.29, 0.717) is 0 Å². The lowest BCUT2D eigenvalue weighted by Gasteiger charge is -2.17. The van der Waals surface area contributed by atoms with Crippen molar-refractivity contribution < 1.29 is 5.21 Å². The van der Waals surface area contributed by atoms with Gasteiger partial charge in [-0.1, -0.05) is 13.8 Å². The lowest BCUT2D eigenvalue weighted by atomic mass is 10.1. The Morgan fingerprint density at radius 1 is 1.56 bits per heavy atom. The van der Waals surface area contributed by atoms with Gasteiger partial charge in [0.25, 0.3) is 0 Å². The molecule has 0 amide bonds. The Kier molecular flexibility index (Phi) is 3.21. The molecule has 0 radical (unpaired) electrons. The molecule has 1 atom stereocenters. The van der Waals surface area contributed by atoms with Crippen molar-refractivity contribution in [1.29, 1.82) is 5.26 Å². The van der Waals surface area contributed by atoms with E-state index in [4.69, 9.17) is 10.5 Å². The van der Waals surface area contributed by atoms with Gasteiger partial charge in [-0.15, -0.1) is 0 Å². The molecule has 0 aliphatic carbocycles. The van der Waals surface area contributed by atoms with E-state index in [0.717, 1.165) is 5.06 Å². The normalized spacial score (nSPS) is 13.9. The minimum absolute atomic E-state index is 0.171. The summed E-state index contributed by atoms with van der Waals surface area (Å²) in [7, 11) is 1.48. The van der Waals surface area contributed by atoms with Gasteiger partial charge in [0.2, 0.25) is 0 Å². The summed E-state index contributed by atoms with van der Waals surface area (Å²) < 4.78 is 0. The summed E-state index contributed by atoms with van der Waals surface area (Å²) in [6.07, 6.45) is 0. The van der Waals surface area contributed by atoms with Crippen molar-refractivity contribution in [2.45, 2.75) is 19.9 Å². The van der Waals surface area contributed by atoms with Gasteiger partial charge in [0.05, 0.1) is 6.07 Å². The minimum Gasteiger partial charge on any atom is -0.313 e. The SMILES string of the molecule is CC(C)C(C#N)N(C)O. The van der Waals surface area contributed by atoms with Crippen LogP contribution in [0.3, 0.4) is 0 Å². The van der Waals surface area contributed by atoms with Gasteiger partial charge in [-0.2, -0.15) is 10.3 Å². The molecular weight excluding hydrogens is 116 g/mol. The molecule has 0 aromatic heterocycles. The highest BCUT2D eigenvalue weighted by molar-refractivity contribution is 4.89. The van der Waals surface area contributed by atoms with E-state index in [1.807, 2.05) is 19.9 Å². The highest BCUT2D eigenvalue weighted by Crippen LogP contribution is 2.04. The summed E-state index contributed by atoms with van der Waals surface area (Å²) in [5, 5.41) is 18.1. The van der Waals surface area contributed by atoms with E-state index >= 15 is 0 Å². The van der Waals surface area contributed by atoms with Crippen molar-refractivity contribution in [2.24, 2.45) is 5.92 Å². The highest BCUT2D eigenvalue weighted by atomic mass is 16.5. The molecule has 0 heterocycles. The number of hydroxylamine groups is 2. The van der Waals surface area contributed by atoms with E-state index in [9.17, 15) is 0 Å². The molecule has 0 saturated heterocycles. The third kappa shape index (κ3) is 2.45. The molecule has 0 aromatic carbocycles. The predicted octanol–water partition coefficient (Wildman–Crippen LogP) is 0.856. The molecule has 0 fully saturated rings.